The summed E-state index contributed by atoms with van der Waals surface area (Å²) in [5.41, 5.74) is -0.584. The van der Waals surface area contributed by atoms with Gasteiger partial charge in [0, 0.05) is 0 Å². The van der Waals surface area contributed by atoms with Gasteiger partial charge in [-0.2, -0.15) is 0 Å². The van der Waals surface area contributed by atoms with Crippen molar-refractivity contribution < 1.29 is 19.1 Å². The number of rotatable bonds is 4. The minimum absolute atomic E-state index is 0.0234. The molecule has 0 spiro atoms. The highest BCUT2D eigenvalue weighted by molar-refractivity contribution is 6.01. The van der Waals surface area contributed by atoms with Crippen LogP contribution in [0.25, 0.3) is 0 Å². The van der Waals surface area contributed by atoms with Crippen molar-refractivity contribution in [1.82, 2.24) is 5.32 Å². The Labute approximate surface area is 91.3 Å². The second kappa shape index (κ2) is 5.22. The molecule has 16 heavy (non-hydrogen) atoms. The lowest BCUT2D eigenvalue weighted by Crippen LogP contribution is -2.26. The molecule has 0 radical (unpaired) electrons. The molecule has 5 nitrogen and oxygen atoms in total. The van der Waals surface area contributed by atoms with Crippen LogP contribution in [0.3, 0.4) is 0 Å². The second-order valence-corrected chi connectivity index (χ2v) is 3.05. The molecule has 3 N–H and O–H groups in total. The van der Waals surface area contributed by atoms with Gasteiger partial charge in [-0.15, -0.1) is 0 Å². The number of likely N-dealkylation sites (N-methyl/N-ethyl adjacent to an activating group) is 1. The molecule has 1 aromatic carbocycles. The minimum Gasteiger partial charge on any atom is -0.478 e. The third-order valence-electron chi connectivity index (χ3n) is 1.84. The summed E-state index contributed by atoms with van der Waals surface area (Å²) in [6, 6.07) is 3.69. The lowest BCUT2D eigenvalue weighted by atomic mass is 10.1. The normalized spacial score (nSPS) is 9.88. The minimum atomic E-state index is -1.42. The van der Waals surface area contributed by atoms with Crippen molar-refractivity contribution in [3.8, 4) is 0 Å². The van der Waals surface area contributed by atoms with E-state index < -0.39 is 23.3 Å². The van der Waals surface area contributed by atoms with Crippen molar-refractivity contribution in [1.29, 1.82) is 0 Å². The number of hydrogen-bond donors (Lipinski definition) is 3. The van der Waals surface area contributed by atoms with E-state index >= 15 is 0 Å². The molecule has 1 aromatic rings. The molecule has 0 aliphatic rings. The highest BCUT2D eigenvalue weighted by Crippen LogP contribution is 2.18. The third-order valence-corrected chi connectivity index (χ3v) is 1.84. The Morgan fingerprint density at radius 3 is 2.69 bits per heavy atom. The van der Waals surface area contributed by atoms with Crippen molar-refractivity contribution in [2.75, 3.05) is 18.9 Å². The predicted molar refractivity (Wildman–Crippen MR) is 55.9 cm³/mol. The largest absolute Gasteiger partial charge is 0.478 e. The zero-order valence-electron chi connectivity index (χ0n) is 8.58. The molecule has 1 rings (SSSR count). The predicted octanol–water partition coefficient (Wildman–Crippen LogP) is 0.682. The Kier molecular flexibility index (Phi) is 3.96. The highest BCUT2D eigenvalue weighted by Gasteiger charge is 2.16. The summed E-state index contributed by atoms with van der Waals surface area (Å²) in [5, 5.41) is 13.7. The van der Waals surface area contributed by atoms with Gasteiger partial charge in [0.1, 0.15) is 11.4 Å². The molecule has 86 valence electrons. The lowest BCUT2D eigenvalue weighted by molar-refractivity contribution is -0.115. The average Bonchev–Trinajstić information content (AvgIpc) is 2.17. The van der Waals surface area contributed by atoms with Crippen LogP contribution in [-0.2, 0) is 4.79 Å². The summed E-state index contributed by atoms with van der Waals surface area (Å²) in [4.78, 5) is 22.0. The van der Waals surface area contributed by atoms with E-state index in [4.69, 9.17) is 5.11 Å². The van der Waals surface area contributed by atoms with Gasteiger partial charge in [-0.1, -0.05) is 6.07 Å². The van der Waals surface area contributed by atoms with E-state index in [-0.39, 0.29) is 12.2 Å². The van der Waals surface area contributed by atoms with E-state index in [9.17, 15) is 14.0 Å². The first-order chi connectivity index (χ1) is 7.56. The molecule has 0 saturated carbocycles. The summed E-state index contributed by atoms with van der Waals surface area (Å²) in [5.74, 6) is -2.73. The SMILES string of the molecule is CNCC(=O)Nc1cccc(F)c1C(=O)O. The first-order valence-corrected chi connectivity index (χ1v) is 4.52. The number of nitrogens with one attached hydrogen (secondary N) is 2. The van der Waals surface area contributed by atoms with Gasteiger partial charge in [0.2, 0.25) is 5.91 Å². The van der Waals surface area contributed by atoms with Gasteiger partial charge in [-0.05, 0) is 19.2 Å². The van der Waals surface area contributed by atoms with Gasteiger partial charge in [0.05, 0.1) is 12.2 Å². The molecule has 0 aromatic heterocycles. The van der Waals surface area contributed by atoms with Crippen LogP contribution < -0.4 is 10.6 Å². The Balaban J connectivity index is 3.00. The maximum Gasteiger partial charge on any atom is 0.340 e. The van der Waals surface area contributed by atoms with E-state index in [0.29, 0.717) is 0 Å². The first kappa shape index (κ1) is 12.1. The number of anilines is 1. The number of carboxylic acids is 1. The monoisotopic (exact) mass is 226 g/mol. The van der Waals surface area contributed by atoms with Crippen LogP contribution in [0.4, 0.5) is 10.1 Å². The maximum atomic E-state index is 13.2. The van der Waals surface area contributed by atoms with Crippen molar-refractivity contribution in [3.63, 3.8) is 0 Å². The van der Waals surface area contributed by atoms with Gasteiger partial charge in [0.15, 0.2) is 0 Å². The first-order valence-electron chi connectivity index (χ1n) is 4.52. The second-order valence-electron chi connectivity index (χ2n) is 3.05. The van der Waals surface area contributed by atoms with Crippen molar-refractivity contribution >= 4 is 17.6 Å². The van der Waals surface area contributed by atoms with Crippen LogP contribution in [0.5, 0.6) is 0 Å². The molecular weight excluding hydrogens is 215 g/mol. The number of carbonyl (C=O) groups excluding carboxylic acids is 1. The van der Waals surface area contributed by atoms with Crippen molar-refractivity contribution in [2.24, 2.45) is 0 Å². The summed E-state index contributed by atoms with van der Waals surface area (Å²) < 4.78 is 13.2. The number of carbonyl (C=O) groups is 2. The van der Waals surface area contributed by atoms with Gasteiger partial charge < -0.3 is 15.7 Å². The molecule has 1 amide bonds. The van der Waals surface area contributed by atoms with Gasteiger partial charge in [-0.25, -0.2) is 9.18 Å². The molecule has 0 aliphatic heterocycles. The smallest absolute Gasteiger partial charge is 0.340 e. The van der Waals surface area contributed by atoms with E-state index in [1.54, 1.807) is 7.05 Å². The fourth-order valence-corrected chi connectivity index (χ4v) is 1.20. The Hall–Kier alpha value is -1.95. The molecule has 0 fully saturated rings. The van der Waals surface area contributed by atoms with E-state index in [1.807, 2.05) is 0 Å². The van der Waals surface area contributed by atoms with E-state index in [1.165, 1.54) is 12.1 Å². The van der Waals surface area contributed by atoms with Crippen molar-refractivity contribution in [2.45, 2.75) is 0 Å². The summed E-state index contributed by atoms with van der Waals surface area (Å²) in [6.45, 7) is 0.0234. The zero-order valence-corrected chi connectivity index (χ0v) is 8.58. The number of halogens is 1. The van der Waals surface area contributed by atoms with E-state index in [0.717, 1.165) is 6.07 Å². The van der Waals surface area contributed by atoms with Crippen LogP contribution in [-0.4, -0.2) is 30.6 Å². The quantitative estimate of drug-likeness (QED) is 0.705. The van der Waals surface area contributed by atoms with Crippen molar-refractivity contribution in [3.05, 3.63) is 29.6 Å². The molecule has 0 aliphatic carbocycles. The number of aromatic carboxylic acids is 1. The molecule has 0 atom stereocenters. The van der Waals surface area contributed by atoms with Gasteiger partial charge in [0.25, 0.3) is 0 Å². The maximum absolute atomic E-state index is 13.2. The summed E-state index contributed by atoms with van der Waals surface area (Å²) in [7, 11) is 1.57. The number of hydrogen-bond acceptors (Lipinski definition) is 3. The third kappa shape index (κ3) is 2.77. The fraction of sp³-hybridized carbons (Fsp3) is 0.200. The highest BCUT2D eigenvalue weighted by atomic mass is 19.1. The Bertz CT molecular complexity index is 421. The topological polar surface area (TPSA) is 78.4 Å². The van der Waals surface area contributed by atoms with Gasteiger partial charge in [-0.3, -0.25) is 4.79 Å². The standard InChI is InChI=1S/C10H11FN2O3/c1-12-5-8(14)13-7-4-2-3-6(11)9(7)10(15)16/h2-4,12H,5H2,1H3,(H,13,14)(H,15,16). The Morgan fingerprint density at radius 2 is 2.12 bits per heavy atom. The average molecular weight is 226 g/mol. The molecule has 0 saturated heterocycles. The fourth-order valence-electron chi connectivity index (χ4n) is 1.20. The molecular formula is C10H11FN2O3. The van der Waals surface area contributed by atoms with Crippen LogP contribution in [0, 0.1) is 5.82 Å². The van der Waals surface area contributed by atoms with E-state index in [2.05, 4.69) is 10.6 Å². The number of benzene rings is 1. The molecule has 0 unspecified atom stereocenters. The number of carboxylic acid groups (broad SMARTS) is 1. The lowest BCUT2D eigenvalue weighted by Gasteiger charge is -2.08. The zero-order chi connectivity index (χ0) is 12.1. The van der Waals surface area contributed by atoms with Crippen LogP contribution in [0.15, 0.2) is 18.2 Å². The van der Waals surface area contributed by atoms with Crippen LogP contribution in [0.2, 0.25) is 0 Å². The Morgan fingerprint density at radius 1 is 1.44 bits per heavy atom. The van der Waals surface area contributed by atoms with Crippen LogP contribution >= 0.6 is 0 Å². The van der Waals surface area contributed by atoms with Gasteiger partial charge >= 0.3 is 5.97 Å². The summed E-state index contributed by atoms with van der Waals surface area (Å²) >= 11 is 0. The number of amides is 1. The molecule has 0 heterocycles. The summed E-state index contributed by atoms with van der Waals surface area (Å²) in [6.07, 6.45) is 0. The molecule has 0 bridgehead atoms. The van der Waals surface area contributed by atoms with Crippen LogP contribution in [0.1, 0.15) is 10.4 Å². The molecule has 6 heteroatoms.